The Kier molecular flexibility index (Phi) is 4.86. The third-order valence-corrected chi connectivity index (χ3v) is 1.98. The van der Waals surface area contributed by atoms with Crippen molar-refractivity contribution in [1.29, 1.82) is 0 Å². The summed E-state index contributed by atoms with van der Waals surface area (Å²) < 4.78 is 0. The summed E-state index contributed by atoms with van der Waals surface area (Å²) in [4.78, 5) is 10.3. The first-order chi connectivity index (χ1) is 5.07. The van der Waals surface area contributed by atoms with Gasteiger partial charge in [-0.3, -0.25) is 4.79 Å². The van der Waals surface area contributed by atoms with E-state index in [4.69, 9.17) is 10.8 Å². The molecule has 2 atom stereocenters. The molecule has 0 aromatic rings. The molecule has 0 aromatic heterocycles. The molecule has 0 fully saturated rings. The SMILES string of the molecule is CC[C@H](C)CC[C@H](N)C(=O)O. The van der Waals surface area contributed by atoms with Crippen LogP contribution >= 0.6 is 0 Å². The van der Waals surface area contributed by atoms with E-state index in [1.54, 1.807) is 0 Å². The fourth-order valence-corrected chi connectivity index (χ4v) is 0.792. The molecule has 0 rings (SSSR count). The van der Waals surface area contributed by atoms with Gasteiger partial charge in [0.2, 0.25) is 0 Å². The summed E-state index contributed by atoms with van der Waals surface area (Å²) in [5.41, 5.74) is 5.32. The van der Waals surface area contributed by atoms with Gasteiger partial charge in [0.15, 0.2) is 0 Å². The van der Waals surface area contributed by atoms with Crippen LogP contribution in [0.25, 0.3) is 0 Å². The number of carboxylic acids is 1. The predicted octanol–water partition coefficient (Wildman–Crippen LogP) is 1.22. The monoisotopic (exact) mass is 159 g/mol. The van der Waals surface area contributed by atoms with Gasteiger partial charge in [0, 0.05) is 0 Å². The molecule has 3 N–H and O–H groups in total. The van der Waals surface area contributed by atoms with E-state index in [9.17, 15) is 4.79 Å². The molecule has 0 aliphatic heterocycles. The number of hydrogen-bond acceptors (Lipinski definition) is 2. The molecule has 0 unspecified atom stereocenters. The van der Waals surface area contributed by atoms with E-state index in [-0.39, 0.29) is 0 Å². The lowest BCUT2D eigenvalue weighted by molar-refractivity contribution is -0.138. The second kappa shape index (κ2) is 5.13. The highest BCUT2D eigenvalue weighted by Gasteiger charge is 2.11. The predicted molar refractivity (Wildman–Crippen MR) is 44.3 cm³/mol. The highest BCUT2D eigenvalue weighted by atomic mass is 16.4. The number of carbonyl (C=O) groups is 1. The van der Waals surface area contributed by atoms with Gasteiger partial charge < -0.3 is 10.8 Å². The average molecular weight is 159 g/mol. The molecule has 11 heavy (non-hydrogen) atoms. The minimum absolute atomic E-state index is 0.584. The summed E-state index contributed by atoms with van der Waals surface area (Å²) in [6, 6.07) is -0.677. The molecule has 0 radical (unpaired) electrons. The summed E-state index contributed by atoms with van der Waals surface area (Å²) in [6.45, 7) is 4.20. The fraction of sp³-hybridized carbons (Fsp3) is 0.875. The van der Waals surface area contributed by atoms with Crippen molar-refractivity contribution in [3.63, 3.8) is 0 Å². The van der Waals surface area contributed by atoms with Crippen LogP contribution in [0.15, 0.2) is 0 Å². The van der Waals surface area contributed by atoms with Crippen molar-refractivity contribution >= 4 is 5.97 Å². The quantitative estimate of drug-likeness (QED) is 0.634. The molecule has 0 aliphatic rings. The molecule has 0 aromatic carbocycles. The number of carboxylic acid groups (broad SMARTS) is 1. The van der Waals surface area contributed by atoms with Crippen molar-refractivity contribution in [2.45, 2.75) is 39.2 Å². The van der Waals surface area contributed by atoms with Crippen molar-refractivity contribution < 1.29 is 9.90 Å². The number of nitrogens with two attached hydrogens (primary N) is 1. The van der Waals surface area contributed by atoms with Crippen molar-refractivity contribution in [1.82, 2.24) is 0 Å². The normalized spacial score (nSPS) is 15.9. The van der Waals surface area contributed by atoms with Crippen LogP contribution in [0.3, 0.4) is 0 Å². The van der Waals surface area contributed by atoms with Crippen LogP contribution in [-0.4, -0.2) is 17.1 Å². The zero-order chi connectivity index (χ0) is 8.85. The van der Waals surface area contributed by atoms with Gasteiger partial charge in [0.25, 0.3) is 0 Å². The van der Waals surface area contributed by atoms with E-state index in [1.807, 2.05) is 0 Å². The summed E-state index contributed by atoms with van der Waals surface area (Å²) in [7, 11) is 0. The highest BCUT2D eigenvalue weighted by Crippen LogP contribution is 2.10. The number of rotatable bonds is 5. The average Bonchev–Trinajstić information content (AvgIpc) is 1.99. The van der Waals surface area contributed by atoms with Crippen LogP contribution in [0.5, 0.6) is 0 Å². The van der Waals surface area contributed by atoms with E-state index in [0.29, 0.717) is 12.3 Å². The van der Waals surface area contributed by atoms with E-state index in [1.165, 1.54) is 0 Å². The summed E-state index contributed by atoms with van der Waals surface area (Å²) in [5.74, 6) is -0.311. The van der Waals surface area contributed by atoms with Gasteiger partial charge in [-0.15, -0.1) is 0 Å². The van der Waals surface area contributed by atoms with Gasteiger partial charge in [-0.1, -0.05) is 20.3 Å². The second-order valence-electron chi connectivity index (χ2n) is 3.04. The van der Waals surface area contributed by atoms with Crippen molar-refractivity contribution in [3.8, 4) is 0 Å². The summed E-state index contributed by atoms with van der Waals surface area (Å²) in [5, 5.41) is 8.44. The molecular weight excluding hydrogens is 142 g/mol. The van der Waals surface area contributed by atoms with Crippen LogP contribution in [0.2, 0.25) is 0 Å². The van der Waals surface area contributed by atoms with Crippen LogP contribution in [-0.2, 0) is 4.79 Å². The minimum atomic E-state index is -0.895. The lowest BCUT2D eigenvalue weighted by Crippen LogP contribution is -2.30. The maximum atomic E-state index is 10.3. The third-order valence-electron chi connectivity index (χ3n) is 1.98. The van der Waals surface area contributed by atoms with E-state index in [2.05, 4.69) is 13.8 Å². The zero-order valence-electron chi connectivity index (χ0n) is 7.21. The van der Waals surface area contributed by atoms with Gasteiger partial charge >= 0.3 is 5.97 Å². The van der Waals surface area contributed by atoms with Crippen LogP contribution in [0.4, 0.5) is 0 Å². The second-order valence-corrected chi connectivity index (χ2v) is 3.04. The summed E-state index contributed by atoms with van der Waals surface area (Å²) >= 11 is 0. The van der Waals surface area contributed by atoms with E-state index >= 15 is 0 Å². The molecule has 0 aliphatic carbocycles. The molecule has 0 bridgehead atoms. The Morgan fingerprint density at radius 2 is 2.09 bits per heavy atom. The Balaban J connectivity index is 3.45. The Labute approximate surface area is 67.6 Å². The molecule has 0 heterocycles. The summed E-state index contributed by atoms with van der Waals surface area (Å²) in [6.07, 6.45) is 2.58. The van der Waals surface area contributed by atoms with Crippen LogP contribution in [0.1, 0.15) is 33.1 Å². The minimum Gasteiger partial charge on any atom is -0.480 e. The van der Waals surface area contributed by atoms with Crippen LogP contribution < -0.4 is 5.73 Å². The highest BCUT2D eigenvalue weighted by molar-refractivity contribution is 5.72. The standard InChI is InChI=1S/C8H17NO2/c1-3-6(2)4-5-7(9)8(10)11/h6-7H,3-5,9H2,1-2H3,(H,10,11)/t6-,7-/m0/s1. The molecule has 3 nitrogen and oxygen atoms in total. The van der Waals surface area contributed by atoms with E-state index in [0.717, 1.165) is 12.8 Å². The maximum Gasteiger partial charge on any atom is 0.320 e. The third kappa shape index (κ3) is 4.79. The Bertz CT molecular complexity index is 125. The van der Waals surface area contributed by atoms with Gasteiger partial charge in [0.05, 0.1) is 0 Å². The maximum absolute atomic E-state index is 10.3. The Hall–Kier alpha value is -0.570. The molecule has 0 amide bonds. The number of hydrogen-bond donors (Lipinski definition) is 2. The fourth-order valence-electron chi connectivity index (χ4n) is 0.792. The Morgan fingerprint density at radius 3 is 2.45 bits per heavy atom. The molecule has 0 spiro atoms. The van der Waals surface area contributed by atoms with Crippen LogP contribution in [0, 0.1) is 5.92 Å². The van der Waals surface area contributed by atoms with Gasteiger partial charge in [-0.2, -0.15) is 0 Å². The van der Waals surface area contributed by atoms with Crippen molar-refractivity contribution in [2.75, 3.05) is 0 Å². The molecule has 0 saturated heterocycles. The smallest absolute Gasteiger partial charge is 0.320 e. The van der Waals surface area contributed by atoms with Gasteiger partial charge in [0.1, 0.15) is 6.04 Å². The van der Waals surface area contributed by atoms with Crippen molar-refractivity contribution in [2.24, 2.45) is 11.7 Å². The Morgan fingerprint density at radius 1 is 1.55 bits per heavy atom. The first kappa shape index (κ1) is 10.4. The zero-order valence-corrected chi connectivity index (χ0v) is 7.21. The molecule has 3 heteroatoms. The molecule has 0 saturated carbocycles. The lowest BCUT2D eigenvalue weighted by Gasteiger charge is -2.09. The number of aliphatic carboxylic acids is 1. The van der Waals surface area contributed by atoms with Crippen molar-refractivity contribution in [3.05, 3.63) is 0 Å². The first-order valence-corrected chi connectivity index (χ1v) is 4.06. The topological polar surface area (TPSA) is 63.3 Å². The molecule has 66 valence electrons. The first-order valence-electron chi connectivity index (χ1n) is 4.06. The van der Waals surface area contributed by atoms with Gasteiger partial charge in [-0.05, 0) is 18.8 Å². The lowest BCUT2D eigenvalue weighted by atomic mass is 10.00. The van der Waals surface area contributed by atoms with E-state index < -0.39 is 12.0 Å². The van der Waals surface area contributed by atoms with Gasteiger partial charge in [-0.25, -0.2) is 0 Å². The largest absolute Gasteiger partial charge is 0.480 e. The molecular formula is C8H17NO2.